The average molecular weight is 553 g/mol. The number of fused-ring (bicyclic) bond motifs is 4. The molecule has 0 spiro atoms. The molecule has 1 aliphatic rings. The molecule has 40 heavy (non-hydrogen) atoms. The van der Waals surface area contributed by atoms with Gasteiger partial charge in [-0.05, 0) is 55.4 Å². The van der Waals surface area contributed by atoms with Gasteiger partial charge < -0.3 is 15.1 Å². The van der Waals surface area contributed by atoms with E-state index >= 15 is 0 Å². The van der Waals surface area contributed by atoms with Crippen LogP contribution in [0.15, 0.2) is 67.3 Å². The van der Waals surface area contributed by atoms with Crippen molar-refractivity contribution < 1.29 is 4.79 Å². The summed E-state index contributed by atoms with van der Waals surface area (Å²) in [6.07, 6.45) is 9.77. The van der Waals surface area contributed by atoms with Gasteiger partial charge in [0.05, 0.1) is 35.9 Å². The lowest BCUT2D eigenvalue weighted by Gasteiger charge is -2.26. The lowest BCUT2D eigenvalue weighted by atomic mass is 10.0. The van der Waals surface area contributed by atoms with Crippen molar-refractivity contribution >= 4 is 49.9 Å². The van der Waals surface area contributed by atoms with Crippen molar-refractivity contribution in [3.63, 3.8) is 0 Å². The summed E-state index contributed by atoms with van der Waals surface area (Å²) in [5.41, 5.74) is 4.20. The van der Waals surface area contributed by atoms with Crippen molar-refractivity contribution in [3.8, 4) is 0 Å². The lowest BCUT2D eigenvalue weighted by molar-refractivity contribution is -0.126. The summed E-state index contributed by atoms with van der Waals surface area (Å²) < 4.78 is 1.96. The number of pyridine rings is 1. The Kier molecular flexibility index (Phi) is 7.52. The predicted octanol–water partition coefficient (Wildman–Crippen LogP) is 5.01. The molecule has 1 N–H and O–H groups in total. The van der Waals surface area contributed by atoms with Crippen molar-refractivity contribution in [3.05, 3.63) is 83.4 Å². The quantitative estimate of drug-likeness (QED) is 0.257. The Hall–Kier alpha value is -4.15. The first kappa shape index (κ1) is 26.1. The minimum Gasteiger partial charge on any atom is -0.340 e. The van der Waals surface area contributed by atoms with E-state index in [1.54, 1.807) is 29.9 Å². The van der Waals surface area contributed by atoms with Crippen LogP contribution in [0.4, 0.5) is 11.5 Å². The standard InChI is InChI=1S/C30H32N8OS/c1-3-36(4-2)14-7-9-27(39)37-15-12-24-26(19-37)40-30-28(24)29(32-20-33-30)35-22-10-11-25-21(16-22)17-34-38(25)18-23-8-5-6-13-31-23/h5-11,13,16-17,20H,3-4,12,14-15,18-19H2,1-2H3,(H,32,33,35)/b9-7+. The number of hydrogen-bond donors (Lipinski definition) is 1. The monoisotopic (exact) mass is 552 g/mol. The van der Waals surface area contributed by atoms with Gasteiger partial charge in [0.2, 0.25) is 5.91 Å². The van der Waals surface area contributed by atoms with E-state index in [2.05, 4.69) is 62.3 Å². The number of anilines is 2. The molecule has 5 heterocycles. The van der Waals surface area contributed by atoms with Crippen molar-refractivity contribution in [1.82, 2.24) is 34.5 Å². The van der Waals surface area contributed by atoms with Crippen LogP contribution in [0.5, 0.6) is 0 Å². The van der Waals surface area contributed by atoms with Crippen molar-refractivity contribution in [2.75, 3.05) is 31.5 Å². The number of benzene rings is 1. The number of amides is 1. The summed E-state index contributed by atoms with van der Waals surface area (Å²) >= 11 is 1.65. The Labute approximate surface area is 237 Å². The maximum absolute atomic E-state index is 12.9. The average Bonchev–Trinajstić information content (AvgIpc) is 3.56. The van der Waals surface area contributed by atoms with Crippen LogP contribution in [-0.4, -0.2) is 66.6 Å². The molecule has 0 fully saturated rings. The number of nitrogens with zero attached hydrogens (tertiary/aromatic N) is 7. The summed E-state index contributed by atoms with van der Waals surface area (Å²) in [6, 6.07) is 12.1. The summed E-state index contributed by atoms with van der Waals surface area (Å²) in [6.45, 7) is 8.92. The third-order valence-electron chi connectivity index (χ3n) is 7.41. The van der Waals surface area contributed by atoms with Gasteiger partial charge in [0.1, 0.15) is 17.0 Å². The summed E-state index contributed by atoms with van der Waals surface area (Å²) in [4.78, 5) is 32.8. The van der Waals surface area contributed by atoms with E-state index < -0.39 is 0 Å². The van der Waals surface area contributed by atoms with E-state index in [1.807, 2.05) is 40.1 Å². The molecule has 1 aliphatic heterocycles. The highest BCUT2D eigenvalue weighted by Gasteiger charge is 2.25. The fourth-order valence-corrected chi connectivity index (χ4v) is 6.38. The summed E-state index contributed by atoms with van der Waals surface area (Å²) in [7, 11) is 0. The second-order valence-electron chi connectivity index (χ2n) is 9.83. The van der Waals surface area contributed by atoms with Crippen LogP contribution in [0.1, 0.15) is 30.0 Å². The Morgan fingerprint density at radius 2 is 2.05 bits per heavy atom. The highest BCUT2D eigenvalue weighted by atomic mass is 32.1. The van der Waals surface area contributed by atoms with E-state index in [1.165, 1.54) is 10.4 Å². The molecular weight excluding hydrogens is 520 g/mol. The zero-order valence-electron chi connectivity index (χ0n) is 22.7. The van der Waals surface area contributed by atoms with Crippen LogP contribution in [-0.2, 0) is 24.3 Å². The Balaban J connectivity index is 1.20. The van der Waals surface area contributed by atoms with E-state index in [0.29, 0.717) is 19.6 Å². The van der Waals surface area contributed by atoms with Gasteiger partial charge in [0, 0.05) is 41.3 Å². The van der Waals surface area contributed by atoms with Crippen LogP contribution >= 0.6 is 11.3 Å². The SMILES string of the molecule is CCN(CC)C/C=C/C(=O)N1CCc2c(sc3ncnc(Nc4ccc5c(cnn5Cc5ccccn5)c4)c23)C1. The topological polar surface area (TPSA) is 92.1 Å². The molecule has 0 radical (unpaired) electrons. The molecule has 204 valence electrons. The molecule has 1 amide bonds. The fraction of sp³-hybridized carbons (Fsp3) is 0.300. The van der Waals surface area contributed by atoms with Crippen molar-refractivity contribution in [1.29, 1.82) is 0 Å². The van der Waals surface area contributed by atoms with Gasteiger partial charge >= 0.3 is 0 Å². The molecule has 0 saturated carbocycles. The Morgan fingerprint density at radius 3 is 2.88 bits per heavy atom. The molecule has 0 atom stereocenters. The number of hydrogen-bond acceptors (Lipinski definition) is 8. The Morgan fingerprint density at radius 1 is 1.15 bits per heavy atom. The van der Waals surface area contributed by atoms with Gasteiger partial charge in [-0.2, -0.15) is 5.10 Å². The maximum atomic E-state index is 12.9. The maximum Gasteiger partial charge on any atom is 0.246 e. The molecule has 9 nitrogen and oxygen atoms in total. The van der Waals surface area contributed by atoms with Gasteiger partial charge in [-0.15, -0.1) is 11.3 Å². The molecule has 4 aromatic heterocycles. The number of carbonyl (C=O) groups is 1. The van der Waals surface area contributed by atoms with E-state index in [-0.39, 0.29) is 5.91 Å². The molecule has 0 unspecified atom stereocenters. The Bertz CT molecular complexity index is 1670. The van der Waals surface area contributed by atoms with Crippen LogP contribution in [0.2, 0.25) is 0 Å². The second-order valence-corrected chi connectivity index (χ2v) is 10.9. The van der Waals surface area contributed by atoms with Gasteiger partial charge in [-0.3, -0.25) is 14.5 Å². The van der Waals surface area contributed by atoms with Crippen molar-refractivity contribution in [2.24, 2.45) is 0 Å². The predicted molar refractivity (Wildman–Crippen MR) is 160 cm³/mol. The number of nitrogens with one attached hydrogen (secondary N) is 1. The van der Waals surface area contributed by atoms with Crippen LogP contribution in [0, 0.1) is 0 Å². The van der Waals surface area contributed by atoms with Crippen molar-refractivity contribution in [2.45, 2.75) is 33.4 Å². The normalized spacial score (nSPS) is 13.5. The third kappa shape index (κ3) is 5.32. The van der Waals surface area contributed by atoms with Gasteiger partial charge in [0.15, 0.2) is 0 Å². The minimum absolute atomic E-state index is 0.0663. The highest BCUT2D eigenvalue weighted by molar-refractivity contribution is 7.19. The number of thiophene rings is 1. The number of carbonyl (C=O) groups excluding carboxylic acids is 1. The molecule has 10 heteroatoms. The largest absolute Gasteiger partial charge is 0.340 e. The molecule has 0 bridgehead atoms. The smallest absolute Gasteiger partial charge is 0.246 e. The fourth-order valence-electron chi connectivity index (χ4n) is 5.17. The van der Waals surface area contributed by atoms with Crippen LogP contribution in [0.3, 0.4) is 0 Å². The molecule has 6 rings (SSSR count). The van der Waals surface area contributed by atoms with E-state index in [9.17, 15) is 4.79 Å². The minimum atomic E-state index is 0.0663. The first-order valence-corrected chi connectivity index (χ1v) is 14.5. The number of likely N-dealkylation sites (N-methyl/N-ethyl adjacent to an activating group) is 1. The second kappa shape index (κ2) is 11.5. The van der Waals surface area contributed by atoms with E-state index in [4.69, 9.17) is 0 Å². The summed E-state index contributed by atoms with van der Waals surface area (Å²) in [5.74, 6) is 0.859. The van der Waals surface area contributed by atoms with Gasteiger partial charge in [-0.1, -0.05) is 26.0 Å². The third-order valence-corrected chi connectivity index (χ3v) is 8.53. The summed E-state index contributed by atoms with van der Waals surface area (Å²) in [5, 5.41) is 10.2. The molecule has 5 aromatic rings. The molecular formula is C30H32N8OS. The molecule has 1 aromatic carbocycles. The zero-order valence-corrected chi connectivity index (χ0v) is 23.6. The van der Waals surface area contributed by atoms with Gasteiger partial charge in [-0.25, -0.2) is 9.97 Å². The van der Waals surface area contributed by atoms with Crippen LogP contribution < -0.4 is 5.32 Å². The van der Waals surface area contributed by atoms with E-state index in [0.717, 1.165) is 64.4 Å². The first-order valence-electron chi connectivity index (χ1n) is 13.7. The first-order chi connectivity index (χ1) is 19.6. The van der Waals surface area contributed by atoms with Gasteiger partial charge in [0.25, 0.3) is 0 Å². The highest BCUT2D eigenvalue weighted by Crippen LogP contribution is 2.38. The molecule has 0 saturated heterocycles. The van der Waals surface area contributed by atoms with Crippen LogP contribution in [0.25, 0.3) is 21.1 Å². The zero-order chi connectivity index (χ0) is 27.5. The molecule has 0 aliphatic carbocycles. The number of rotatable bonds is 9. The number of aromatic nitrogens is 5. The lowest BCUT2D eigenvalue weighted by Crippen LogP contribution is -2.34.